The second-order valence-corrected chi connectivity index (χ2v) is 6.18. The number of unbranched alkanes of at least 4 members (excludes halogenated alkanes) is 1. The summed E-state index contributed by atoms with van der Waals surface area (Å²) in [5, 5.41) is 9.01. The van der Waals surface area contributed by atoms with Crippen molar-refractivity contribution >= 4 is 5.95 Å². The van der Waals surface area contributed by atoms with Crippen molar-refractivity contribution < 1.29 is 13.9 Å². The Bertz CT molecular complexity index is 666. The fraction of sp³-hybridized carbons (Fsp3) is 0.444. The molecular formula is C18H22F2N4O. The molecule has 5 nitrogen and oxygen atoms in total. The second-order valence-electron chi connectivity index (χ2n) is 6.18. The van der Waals surface area contributed by atoms with E-state index in [2.05, 4.69) is 14.9 Å². The molecule has 0 spiro atoms. The van der Waals surface area contributed by atoms with Crippen LogP contribution < -0.4 is 4.90 Å². The topological polar surface area (TPSA) is 52.5 Å². The standard InChI is InChI=1S/C18H22F2N4O/c19-15-5-3-14(4-6-15)17-13-24(18-21-11-16(20)12-22-18)9-8-23(17)7-1-2-10-25/h3-6,11-12,17,25H,1-2,7-10,13H2. The fourth-order valence-corrected chi connectivity index (χ4v) is 3.17. The van der Waals surface area contributed by atoms with Crippen molar-refractivity contribution in [3.8, 4) is 0 Å². The van der Waals surface area contributed by atoms with Crippen molar-refractivity contribution in [1.82, 2.24) is 14.9 Å². The molecule has 0 bridgehead atoms. The van der Waals surface area contributed by atoms with Gasteiger partial charge in [-0.15, -0.1) is 0 Å². The first-order valence-electron chi connectivity index (χ1n) is 8.50. The van der Waals surface area contributed by atoms with Gasteiger partial charge in [0.1, 0.15) is 5.82 Å². The zero-order valence-corrected chi connectivity index (χ0v) is 14.0. The van der Waals surface area contributed by atoms with Gasteiger partial charge in [-0.1, -0.05) is 12.1 Å². The molecule has 134 valence electrons. The third-order valence-corrected chi connectivity index (χ3v) is 4.49. The van der Waals surface area contributed by atoms with E-state index in [1.54, 1.807) is 12.1 Å². The van der Waals surface area contributed by atoms with E-state index in [0.29, 0.717) is 12.5 Å². The normalized spacial score (nSPS) is 18.5. The molecule has 3 rings (SSSR count). The third kappa shape index (κ3) is 4.49. The number of anilines is 1. The average Bonchev–Trinajstić information content (AvgIpc) is 2.64. The minimum atomic E-state index is -0.457. The number of aliphatic hydroxyl groups excluding tert-OH is 1. The van der Waals surface area contributed by atoms with Gasteiger partial charge in [0.15, 0.2) is 5.82 Å². The smallest absolute Gasteiger partial charge is 0.225 e. The van der Waals surface area contributed by atoms with E-state index in [0.717, 1.165) is 38.0 Å². The summed E-state index contributed by atoms with van der Waals surface area (Å²) in [4.78, 5) is 12.5. The Morgan fingerprint density at radius 3 is 2.40 bits per heavy atom. The van der Waals surface area contributed by atoms with Crippen LogP contribution in [0.3, 0.4) is 0 Å². The van der Waals surface area contributed by atoms with Crippen LogP contribution in [0, 0.1) is 11.6 Å². The van der Waals surface area contributed by atoms with Crippen LogP contribution >= 0.6 is 0 Å². The summed E-state index contributed by atoms with van der Waals surface area (Å²) in [6.07, 6.45) is 4.00. The van der Waals surface area contributed by atoms with E-state index in [1.165, 1.54) is 24.5 Å². The van der Waals surface area contributed by atoms with Gasteiger partial charge in [0.2, 0.25) is 5.95 Å². The number of aromatic nitrogens is 2. The molecule has 2 aromatic rings. The molecule has 0 saturated carbocycles. The molecule has 7 heteroatoms. The number of hydrogen-bond acceptors (Lipinski definition) is 5. The number of rotatable bonds is 6. The van der Waals surface area contributed by atoms with Gasteiger partial charge in [-0.2, -0.15) is 0 Å². The molecule has 2 heterocycles. The number of aliphatic hydroxyl groups is 1. The molecule has 1 aliphatic heterocycles. The maximum atomic E-state index is 13.3. The number of benzene rings is 1. The molecule has 1 fully saturated rings. The Labute approximate surface area is 145 Å². The Hall–Kier alpha value is -2.12. The van der Waals surface area contributed by atoms with Crippen LogP contribution in [0.2, 0.25) is 0 Å². The largest absolute Gasteiger partial charge is 0.396 e. The van der Waals surface area contributed by atoms with E-state index in [-0.39, 0.29) is 18.5 Å². The molecule has 1 unspecified atom stereocenters. The Morgan fingerprint density at radius 1 is 1.00 bits per heavy atom. The molecule has 0 aliphatic carbocycles. The SMILES string of the molecule is OCCCCN1CCN(c2ncc(F)cn2)CC1c1ccc(F)cc1. The number of nitrogens with zero attached hydrogens (tertiary/aromatic N) is 4. The minimum Gasteiger partial charge on any atom is -0.396 e. The van der Waals surface area contributed by atoms with Gasteiger partial charge in [0.25, 0.3) is 0 Å². The fourth-order valence-electron chi connectivity index (χ4n) is 3.17. The highest BCUT2D eigenvalue weighted by molar-refractivity contribution is 5.33. The highest BCUT2D eigenvalue weighted by Gasteiger charge is 2.29. The molecule has 1 atom stereocenters. The van der Waals surface area contributed by atoms with Gasteiger partial charge >= 0.3 is 0 Å². The zero-order chi connectivity index (χ0) is 17.6. The number of piperazine rings is 1. The van der Waals surface area contributed by atoms with Crippen LogP contribution in [0.15, 0.2) is 36.7 Å². The van der Waals surface area contributed by atoms with Crippen LogP contribution in [0.25, 0.3) is 0 Å². The van der Waals surface area contributed by atoms with Gasteiger partial charge in [0, 0.05) is 26.2 Å². The summed E-state index contributed by atoms with van der Waals surface area (Å²) in [5.74, 6) is -0.213. The van der Waals surface area contributed by atoms with E-state index in [1.807, 2.05) is 4.90 Å². The first-order valence-corrected chi connectivity index (χ1v) is 8.50. The van der Waals surface area contributed by atoms with Gasteiger partial charge < -0.3 is 10.0 Å². The highest BCUT2D eigenvalue weighted by atomic mass is 19.1. The third-order valence-electron chi connectivity index (χ3n) is 4.49. The molecule has 0 amide bonds. The predicted octanol–water partition coefficient (Wildman–Crippen LogP) is 2.39. The van der Waals surface area contributed by atoms with Crippen molar-refractivity contribution in [3.63, 3.8) is 0 Å². The summed E-state index contributed by atoms with van der Waals surface area (Å²) in [6.45, 7) is 3.23. The minimum absolute atomic E-state index is 0.0710. The van der Waals surface area contributed by atoms with Crippen molar-refractivity contribution in [2.75, 3.05) is 37.7 Å². The van der Waals surface area contributed by atoms with Crippen molar-refractivity contribution in [2.45, 2.75) is 18.9 Å². The van der Waals surface area contributed by atoms with Crippen LogP contribution in [-0.2, 0) is 0 Å². The van der Waals surface area contributed by atoms with E-state index < -0.39 is 5.82 Å². The van der Waals surface area contributed by atoms with Crippen molar-refractivity contribution in [1.29, 1.82) is 0 Å². The number of hydrogen-bond donors (Lipinski definition) is 1. The lowest BCUT2D eigenvalue weighted by atomic mass is 10.0. The summed E-state index contributed by atoms with van der Waals surface area (Å²) in [6, 6.07) is 6.60. The average molecular weight is 348 g/mol. The Morgan fingerprint density at radius 2 is 1.72 bits per heavy atom. The molecule has 1 aliphatic rings. The Kier molecular flexibility index (Phi) is 5.88. The van der Waals surface area contributed by atoms with Crippen LogP contribution in [0.1, 0.15) is 24.4 Å². The maximum Gasteiger partial charge on any atom is 0.225 e. The van der Waals surface area contributed by atoms with Gasteiger partial charge in [-0.05, 0) is 37.1 Å². The lowest BCUT2D eigenvalue weighted by molar-refractivity contribution is 0.167. The van der Waals surface area contributed by atoms with E-state index in [9.17, 15) is 8.78 Å². The first kappa shape index (κ1) is 17.7. The Balaban J connectivity index is 1.78. The van der Waals surface area contributed by atoms with Gasteiger partial charge in [-0.3, -0.25) is 4.90 Å². The van der Waals surface area contributed by atoms with Crippen molar-refractivity contribution in [3.05, 3.63) is 53.9 Å². The molecule has 25 heavy (non-hydrogen) atoms. The summed E-state index contributed by atoms with van der Waals surface area (Å²) in [5.41, 5.74) is 1.03. The van der Waals surface area contributed by atoms with E-state index >= 15 is 0 Å². The van der Waals surface area contributed by atoms with Crippen LogP contribution in [-0.4, -0.2) is 52.8 Å². The maximum absolute atomic E-state index is 13.3. The zero-order valence-electron chi connectivity index (χ0n) is 14.0. The summed E-state index contributed by atoms with van der Waals surface area (Å²) < 4.78 is 26.3. The summed E-state index contributed by atoms with van der Waals surface area (Å²) >= 11 is 0. The van der Waals surface area contributed by atoms with Crippen molar-refractivity contribution in [2.24, 2.45) is 0 Å². The molecule has 0 radical (unpaired) electrons. The van der Waals surface area contributed by atoms with Crippen LogP contribution in [0.4, 0.5) is 14.7 Å². The van der Waals surface area contributed by atoms with Gasteiger partial charge in [0.05, 0.1) is 18.4 Å². The first-order chi connectivity index (χ1) is 12.2. The predicted molar refractivity (Wildman–Crippen MR) is 91.2 cm³/mol. The molecule has 1 aromatic carbocycles. The number of halogens is 2. The van der Waals surface area contributed by atoms with Gasteiger partial charge in [-0.25, -0.2) is 18.7 Å². The quantitative estimate of drug-likeness (QED) is 0.813. The molecule has 1 N–H and O–H groups in total. The monoisotopic (exact) mass is 348 g/mol. The van der Waals surface area contributed by atoms with E-state index in [4.69, 9.17) is 5.11 Å². The molecule has 1 aromatic heterocycles. The lowest BCUT2D eigenvalue weighted by Crippen LogP contribution is -2.49. The highest BCUT2D eigenvalue weighted by Crippen LogP contribution is 2.27. The molecular weight excluding hydrogens is 326 g/mol. The summed E-state index contributed by atoms with van der Waals surface area (Å²) in [7, 11) is 0. The lowest BCUT2D eigenvalue weighted by Gasteiger charge is -2.41. The molecule has 1 saturated heterocycles. The van der Waals surface area contributed by atoms with Crippen LogP contribution in [0.5, 0.6) is 0 Å². The second kappa shape index (κ2) is 8.31.